The first-order valence-corrected chi connectivity index (χ1v) is 8.07. The number of ether oxygens (including phenoxy) is 1. The number of halogens is 1. The minimum absolute atomic E-state index is 0.216. The van der Waals surface area contributed by atoms with E-state index in [1.807, 2.05) is 37.3 Å². The Hall–Kier alpha value is -2.53. The molecule has 1 aliphatic rings. The average molecular weight is 323 g/mol. The molecule has 2 aromatic carbocycles. The quantitative estimate of drug-likeness (QED) is 0.722. The van der Waals surface area contributed by atoms with E-state index in [1.165, 1.54) is 0 Å². The number of anilines is 1. The SMILES string of the molecule is Cc1ccc(-c2ccc3ncc(N4CCOCC4)nc3c2)c(F)c1. The Morgan fingerprint density at radius 3 is 2.67 bits per heavy atom. The van der Waals surface area contributed by atoms with E-state index in [0.717, 1.165) is 41.1 Å². The van der Waals surface area contributed by atoms with Crippen LogP contribution in [0.2, 0.25) is 0 Å². The largest absolute Gasteiger partial charge is 0.378 e. The molecule has 0 spiro atoms. The van der Waals surface area contributed by atoms with E-state index in [4.69, 9.17) is 9.72 Å². The molecule has 122 valence electrons. The molecule has 4 nitrogen and oxygen atoms in total. The number of fused-ring (bicyclic) bond motifs is 1. The molecule has 1 aromatic heterocycles. The van der Waals surface area contributed by atoms with Crippen LogP contribution >= 0.6 is 0 Å². The molecule has 3 aromatic rings. The highest BCUT2D eigenvalue weighted by molar-refractivity contribution is 5.82. The molecule has 0 unspecified atom stereocenters. The van der Waals surface area contributed by atoms with Gasteiger partial charge in [0.15, 0.2) is 0 Å². The number of morpholine rings is 1. The molecular formula is C19H18FN3O. The molecule has 0 amide bonds. The maximum atomic E-state index is 14.2. The standard InChI is InChI=1S/C19H18FN3O/c1-13-2-4-15(16(20)10-13)14-3-5-17-18(11-14)22-19(12-21-17)23-6-8-24-9-7-23/h2-5,10-12H,6-9H2,1H3. The highest BCUT2D eigenvalue weighted by atomic mass is 19.1. The summed E-state index contributed by atoms with van der Waals surface area (Å²) in [6, 6.07) is 11.0. The van der Waals surface area contributed by atoms with Crippen molar-refractivity contribution in [1.29, 1.82) is 0 Å². The van der Waals surface area contributed by atoms with Crippen LogP contribution in [-0.4, -0.2) is 36.3 Å². The van der Waals surface area contributed by atoms with Gasteiger partial charge in [0, 0.05) is 18.7 Å². The van der Waals surface area contributed by atoms with Gasteiger partial charge >= 0.3 is 0 Å². The number of rotatable bonds is 2. The van der Waals surface area contributed by atoms with Crippen molar-refractivity contribution < 1.29 is 9.13 Å². The molecule has 4 rings (SSSR count). The van der Waals surface area contributed by atoms with Crippen molar-refractivity contribution in [2.75, 3.05) is 31.2 Å². The summed E-state index contributed by atoms with van der Waals surface area (Å²) in [7, 11) is 0. The van der Waals surface area contributed by atoms with Gasteiger partial charge in [0.25, 0.3) is 0 Å². The summed E-state index contributed by atoms with van der Waals surface area (Å²) in [6.07, 6.45) is 1.79. The molecule has 24 heavy (non-hydrogen) atoms. The summed E-state index contributed by atoms with van der Waals surface area (Å²) in [5, 5.41) is 0. The first kappa shape index (κ1) is 15.0. The lowest BCUT2D eigenvalue weighted by atomic mass is 10.0. The van der Waals surface area contributed by atoms with Crippen molar-refractivity contribution in [2.24, 2.45) is 0 Å². The van der Waals surface area contributed by atoms with Crippen molar-refractivity contribution in [1.82, 2.24) is 9.97 Å². The zero-order valence-electron chi connectivity index (χ0n) is 13.5. The van der Waals surface area contributed by atoms with Crippen LogP contribution in [0.25, 0.3) is 22.2 Å². The van der Waals surface area contributed by atoms with Gasteiger partial charge in [0.1, 0.15) is 11.6 Å². The number of benzene rings is 2. The normalized spacial score (nSPS) is 15.0. The molecule has 0 aliphatic carbocycles. The lowest BCUT2D eigenvalue weighted by Gasteiger charge is -2.27. The van der Waals surface area contributed by atoms with Gasteiger partial charge in [-0.3, -0.25) is 4.98 Å². The van der Waals surface area contributed by atoms with Crippen LogP contribution in [0.3, 0.4) is 0 Å². The summed E-state index contributed by atoms with van der Waals surface area (Å²) in [5.74, 6) is 0.624. The topological polar surface area (TPSA) is 38.2 Å². The van der Waals surface area contributed by atoms with E-state index < -0.39 is 0 Å². The second-order valence-electron chi connectivity index (χ2n) is 6.01. The molecular weight excluding hydrogens is 305 g/mol. The minimum Gasteiger partial charge on any atom is -0.378 e. The van der Waals surface area contributed by atoms with Crippen molar-refractivity contribution in [3.05, 3.63) is 54.0 Å². The fourth-order valence-corrected chi connectivity index (χ4v) is 2.97. The Balaban J connectivity index is 1.75. The monoisotopic (exact) mass is 323 g/mol. The first-order valence-electron chi connectivity index (χ1n) is 8.07. The van der Waals surface area contributed by atoms with Gasteiger partial charge in [0.2, 0.25) is 0 Å². The van der Waals surface area contributed by atoms with Gasteiger partial charge in [-0.25, -0.2) is 9.37 Å². The number of hydrogen-bond donors (Lipinski definition) is 0. The Kier molecular flexibility index (Phi) is 3.86. The lowest BCUT2D eigenvalue weighted by Crippen LogP contribution is -2.36. The van der Waals surface area contributed by atoms with Gasteiger partial charge in [-0.1, -0.05) is 18.2 Å². The summed E-state index contributed by atoms with van der Waals surface area (Å²) < 4.78 is 19.6. The highest BCUT2D eigenvalue weighted by Crippen LogP contribution is 2.27. The van der Waals surface area contributed by atoms with Crippen LogP contribution < -0.4 is 4.90 Å². The molecule has 0 saturated carbocycles. The van der Waals surface area contributed by atoms with Crippen LogP contribution in [0.4, 0.5) is 10.2 Å². The van der Waals surface area contributed by atoms with E-state index in [1.54, 1.807) is 12.3 Å². The van der Waals surface area contributed by atoms with Gasteiger partial charge in [-0.2, -0.15) is 0 Å². The summed E-state index contributed by atoms with van der Waals surface area (Å²) in [5.41, 5.74) is 3.89. The molecule has 0 bridgehead atoms. The van der Waals surface area contributed by atoms with Crippen LogP contribution in [0.1, 0.15) is 5.56 Å². The van der Waals surface area contributed by atoms with Gasteiger partial charge in [0.05, 0.1) is 30.4 Å². The highest BCUT2D eigenvalue weighted by Gasteiger charge is 2.14. The molecule has 1 fully saturated rings. The number of aryl methyl sites for hydroxylation is 1. The van der Waals surface area contributed by atoms with E-state index >= 15 is 0 Å². The second kappa shape index (κ2) is 6.17. The molecule has 0 atom stereocenters. The van der Waals surface area contributed by atoms with Crippen molar-refractivity contribution in [3.63, 3.8) is 0 Å². The van der Waals surface area contributed by atoms with Crippen LogP contribution in [0.5, 0.6) is 0 Å². The Morgan fingerprint density at radius 1 is 1.04 bits per heavy atom. The predicted molar refractivity (Wildman–Crippen MR) is 92.7 cm³/mol. The van der Waals surface area contributed by atoms with Crippen LogP contribution in [0, 0.1) is 12.7 Å². The molecule has 0 radical (unpaired) electrons. The van der Waals surface area contributed by atoms with E-state index in [0.29, 0.717) is 18.8 Å². The third kappa shape index (κ3) is 2.83. The van der Waals surface area contributed by atoms with Crippen molar-refractivity contribution in [2.45, 2.75) is 6.92 Å². The molecule has 5 heteroatoms. The van der Waals surface area contributed by atoms with E-state index in [9.17, 15) is 4.39 Å². The minimum atomic E-state index is -0.216. The first-order chi connectivity index (χ1) is 11.7. The predicted octanol–water partition coefficient (Wildman–Crippen LogP) is 3.58. The zero-order valence-corrected chi connectivity index (χ0v) is 13.5. The summed E-state index contributed by atoms with van der Waals surface area (Å²) >= 11 is 0. The van der Waals surface area contributed by atoms with Gasteiger partial charge in [-0.15, -0.1) is 0 Å². The smallest absolute Gasteiger partial charge is 0.148 e. The Morgan fingerprint density at radius 2 is 1.88 bits per heavy atom. The number of nitrogens with zero attached hydrogens (tertiary/aromatic N) is 3. The fraction of sp³-hybridized carbons (Fsp3) is 0.263. The van der Waals surface area contributed by atoms with E-state index in [-0.39, 0.29) is 5.82 Å². The molecule has 1 aliphatic heterocycles. The van der Waals surface area contributed by atoms with Gasteiger partial charge < -0.3 is 9.64 Å². The summed E-state index contributed by atoms with van der Waals surface area (Å²) in [4.78, 5) is 11.4. The number of aromatic nitrogens is 2. The third-order valence-electron chi connectivity index (χ3n) is 4.30. The fourth-order valence-electron chi connectivity index (χ4n) is 2.97. The molecule has 2 heterocycles. The number of hydrogen-bond acceptors (Lipinski definition) is 4. The van der Waals surface area contributed by atoms with Crippen molar-refractivity contribution >= 4 is 16.9 Å². The zero-order chi connectivity index (χ0) is 16.5. The lowest BCUT2D eigenvalue weighted by molar-refractivity contribution is 0.122. The molecule has 1 saturated heterocycles. The second-order valence-corrected chi connectivity index (χ2v) is 6.01. The third-order valence-corrected chi connectivity index (χ3v) is 4.30. The molecule has 0 N–H and O–H groups in total. The van der Waals surface area contributed by atoms with Crippen LogP contribution in [0.15, 0.2) is 42.6 Å². The van der Waals surface area contributed by atoms with E-state index in [2.05, 4.69) is 9.88 Å². The maximum absolute atomic E-state index is 14.2. The Bertz CT molecular complexity index is 891. The van der Waals surface area contributed by atoms with Gasteiger partial charge in [-0.05, 0) is 36.2 Å². The maximum Gasteiger partial charge on any atom is 0.148 e. The van der Waals surface area contributed by atoms with Crippen LogP contribution in [-0.2, 0) is 4.74 Å². The Labute approximate surface area is 139 Å². The summed E-state index contributed by atoms with van der Waals surface area (Å²) in [6.45, 7) is 4.91. The average Bonchev–Trinajstić information content (AvgIpc) is 2.61. The van der Waals surface area contributed by atoms with Crippen molar-refractivity contribution in [3.8, 4) is 11.1 Å².